The molecule has 2 heterocycles. The summed E-state index contributed by atoms with van der Waals surface area (Å²) in [6.45, 7) is 6.18. The van der Waals surface area contributed by atoms with Gasteiger partial charge in [-0.2, -0.15) is 0 Å². The van der Waals surface area contributed by atoms with Gasteiger partial charge in [-0.3, -0.25) is 10.1 Å². The van der Waals surface area contributed by atoms with Crippen molar-refractivity contribution in [2.24, 2.45) is 0 Å². The molecule has 0 saturated heterocycles. The van der Waals surface area contributed by atoms with Crippen molar-refractivity contribution >= 4 is 22.4 Å². The number of benzene rings is 1. The van der Waals surface area contributed by atoms with Gasteiger partial charge in [0.15, 0.2) is 10.9 Å². The van der Waals surface area contributed by atoms with Gasteiger partial charge in [-0.05, 0) is 36.1 Å². The molecule has 0 aliphatic heterocycles. The molecule has 4 nitrogen and oxygen atoms in total. The second-order valence-corrected chi connectivity index (χ2v) is 7.18. The van der Waals surface area contributed by atoms with E-state index in [1.165, 1.54) is 22.5 Å². The highest BCUT2D eigenvalue weighted by Crippen LogP contribution is 2.23. The number of aromatic nitrogens is 1. The molecule has 0 radical (unpaired) electrons. The summed E-state index contributed by atoms with van der Waals surface area (Å²) in [5, 5.41) is 3.36. The Morgan fingerprint density at radius 1 is 1.21 bits per heavy atom. The van der Waals surface area contributed by atoms with Gasteiger partial charge >= 0.3 is 0 Å². The molecule has 2 aromatic heterocycles. The van der Waals surface area contributed by atoms with Gasteiger partial charge in [0.05, 0.1) is 0 Å². The lowest BCUT2D eigenvalue weighted by molar-refractivity contribution is 0.0995. The number of carbonyl (C=O) groups is 1. The van der Waals surface area contributed by atoms with Crippen molar-refractivity contribution in [3.63, 3.8) is 0 Å². The molecule has 124 valence electrons. The van der Waals surface area contributed by atoms with Gasteiger partial charge in [0.1, 0.15) is 5.76 Å². The molecule has 0 aliphatic carbocycles. The Bertz CT molecular complexity index is 831. The summed E-state index contributed by atoms with van der Waals surface area (Å²) >= 11 is 1.48. The number of carbonyl (C=O) groups excluding carboxylic acids is 1. The van der Waals surface area contributed by atoms with Crippen LogP contribution in [0.4, 0.5) is 5.13 Å². The number of amides is 1. The van der Waals surface area contributed by atoms with Gasteiger partial charge in [0, 0.05) is 17.5 Å². The predicted molar refractivity (Wildman–Crippen MR) is 96.8 cm³/mol. The SMILES string of the molecule is Cc1ccc(C(=O)Nc2ncc(Cc3ccc(C(C)C)cc3)s2)o1. The fourth-order valence-corrected chi connectivity index (χ4v) is 3.23. The topological polar surface area (TPSA) is 55.1 Å². The third kappa shape index (κ3) is 3.92. The van der Waals surface area contributed by atoms with E-state index in [1.807, 2.05) is 13.1 Å². The minimum atomic E-state index is -0.273. The van der Waals surface area contributed by atoms with Crippen LogP contribution in [0.1, 0.15) is 52.1 Å². The van der Waals surface area contributed by atoms with Crippen molar-refractivity contribution in [2.75, 3.05) is 5.32 Å². The molecule has 0 spiro atoms. The molecule has 0 unspecified atom stereocenters. The summed E-state index contributed by atoms with van der Waals surface area (Å²) in [5.41, 5.74) is 2.58. The zero-order valence-electron chi connectivity index (χ0n) is 14.0. The van der Waals surface area contributed by atoms with E-state index in [0.29, 0.717) is 22.6 Å². The first-order valence-corrected chi connectivity index (χ1v) is 8.74. The zero-order chi connectivity index (χ0) is 17.1. The first-order chi connectivity index (χ1) is 11.5. The average molecular weight is 340 g/mol. The van der Waals surface area contributed by atoms with Crippen LogP contribution in [0.25, 0.3) is 0 Å². The van der Waals surface area contributed by atoms with Gasteiger partial charge in [-0.1, -0.05) is 38.1 Å². The number of nitrogens with zero attached hydrogens (tertiary/aromatic N) is 1. The maximum Gasteiger partial charge on any atom is 0.293 e. The third-order valence-electron chi connectivity index (χ3n) is 3.76. The van der Waals surface area contributed by atoms with Crippen LogP contribution in [0.3, 0.4) is 0 Å². The number of nitrogens with one attached hydrogen (secondary N) is 1. The van der Waals surface area contributed by atoms with Gasteiger partial charge < -0.3 is 4.42 Å². The molecular weight excluding hydrogens is 320 g/mol. The standard InChI is InChI=1S/C19H20N2O2S/c1-12(2)15-7-5-14(6-8-15)10-16-11-20-19(24-16)21-18(22)17-9-4-13(3)23-17/h4-9,11-12H,10H2,1-3H3,(H,20,21,22). The molecule has 3 aromatic rings. The Balaban J connectivity index is 1.64. The molecular formula is C19H20N2O2S. The Kier molecular flexibility index (Phi) is 4.81. The van der Waals surface area contributed by atoms with Crippen molar-refractivity contribution in [1.82, 2.24) is 4.98 Å². The smallest absolute Gasteiger partial charge is 0.293 e. The van der Waals surface area contributed by atoms with E-state index < -0.39 is 0 Å². The van der Waals surface area contributed by atoms with E-state index >= 15 is 0 Å². The van der Waals surface area contributed by atoms with Gasteiger partial charge in [0.25, 0.3) is 5.91 Å². The highest BCUT2D eigenvalue weighted by Gasteiger charge is 2.12. The fourth-order valence-electron chi connectivity index (χ4n) is 2.38. The van der Waals surface area contributed by atoms with Crippen LogP contribution in [-0.2, 0) is 6.42 Å². The Hall–Kier alpha value is -2.40. The maximum absolute atomic E-state index is 12.1. The molecule has 0 saturated carbocycles. The molecule has 0 aliphatic rings. The van der Waals surface area contributed by atoms with Crippen LogP contribution in [0, 0.1) is 6.92 Å². The Morgan fingerprint density at radius 3 is 2.58 bits per heavy atom. The minimum absolute atomic E-state index is 0.273. The van der Waals surface area contributed by atoms with Crippen LogP contribution in [-0.4, -0.2) is 10.9 Å². The highest BCUT2D eigenvalue weighted by molar-refractivity contribution is 7.15. The molecule has 1 aromatic carbocycles. The van der Waals surface area contributed by atoms with Gasteiger partial charge in [-0.15, -0.1) is 11.3 Å². The van der Waals surface area contributed by atoms with Gasteiger partial charge in [-0.25, -0.2) is 4.98 Å². The summed E-state index contributed by atoms with van der Waals surface area (Å²) in [6.07, 6.45) is 2.62. The summed E-state index contributed by atoms with van der Waals surface area (Å²) in [7, 11) is 0. The van der Waals surface area contributed by atoms with E-state index in [2.05, 4.69) is 48.4 Å². The molecule has 0 atom stereocenters. The van der Waals surface area contributed by atoms with E-state index in [9.17, 15) is 4.79 Å². The van der Waals surface area contributed by atoms with Crippen LogP contribution in [0.2, 0.25) is 0 Å². The Labute approximate surface area is 145 Å². The van der Waals surface area contributed by atoms with E-state index in [0.717, 1.165) is 11.3 Å². The first kappa shape index (κ1) is 16.5. The van der Waals surface area contributed by atoms with E-state index in [4.69, 9.17) is 4.42 Å². The third-order valence-corrected chi connectivity index (χ3v) is 4.68. The first-order valence-electron chi connectivity index (χ1n) is 7.92. The van der Waals surface area contributed by atoms with Crippen LogP contribution < -0.4 is 5.32 Å². The Morgan fingerprint density at radius 2 is 1.96 bits per heavy atom. The van der Waals surface area contributed by atoms with Crippen LogP contribution in [0.5, 0.6) is 0 Å². The lowest BCUT2D eigenvalue weighted by atomic mass is 10.0. The van der Waals surface area contributed by atoms with Crippen LogP contribution >= 0.6 is 11.3 Å². The highest BCUT2D eigenvalue weighted by atomic mass is 32.1. The monoisotopic (exact) mass is 340 g/mol. The molecule has 1 N–H and O–H groups in total. The van der Waals surface area contributed by atoms with Crippen molar-refractivity contribution < 1.29 is 9.21 Å². The summed E-state index contributed by atoms with van der Waals surface area (Å²) in [5.74, 6) is 1.28. The average Bonchev–Trinajstić information content (AvgIpc) is 3.17. The zero-order valence-corrected chi connectivity index (χ0v) is 14.8. The lowest BCUT2D eigenvalue weighted by Gasteiger charge is -2.06. The molecule has 3 rings (SSSR count). The van der Waals surface area contributed by atoms with Crippen molar-refractivity contribution in [1.29, 1.82) is 0 Å². The molecule has 1 amide bonds. The molecule has 0 fully saturated rings. The number of furan rings is 1. The molecule has 5 heteroatoms. The van der Waals surface area contributed by atoms with E-state index in [1.54, 1.807) is 12.1 Å². The van der Waals surface area contributed by atoms with Crippen molar-refractivity contribution in [3.8, 4) is 0 Å². The lowest BCUT2D eigenvalue weighted by Crippen LogP contribution is -2.10. The largest absolute Gasteiger partial charge is 0.456 e. The summed E-state index contributed by atoms with van der Waals surface area (Å²) in [4.78, 5) is 17.4. The number of rotatable bonds is 5. The normalized spacial score (nSPS) is 11.0. The number of thiazole rings is 1. The fraction of sp³-hybridized carbons (Fsp3) is 0.263. The van der Waals surface area contributed by atoms with Crippen LogP contribution in [0.15, 0.2) is 47.0 Å². The number of hydrogen-bond donors (Lipinski definition) is 1. The summed E-state index contributed by atoms with van der Waals surface area (Å²) < 4.78 is 5.32. The van der Waals surface area contributed by atoms with E-state index in [-0.39, 0.29) is 5.91 Å². The molecule has 0 bridgehead atoms. The van der Waals surface area contributed by atoms with Crippen molar-refractivity contribution in [3.05, 3.63) is 70.1 Å². The maximum atomic E-state index is 12.1. The number of anilines is 1. The second-order valence-electron chi connectivity index (χ2n) is 6.07. The van der Waals surface area contributed by atoms with Gasteiger partial charge in [0.2, 0.25) is 0 Å². The number of hydrogen-bond acceptors (Lipinski definition) is 4. The summed E-state index contributed by atoms with van der Waals surface area (Å²) in [6, 6.07) is 12.1. The van der Waals surface area contributed by atoms with Crippen molar-refractivity contribution in [2.45, 2.75) is 33.1 Å². The quantitative estimate of drug-likeness (QED) is 0.710. The number of aryl methyl sites for hydroxylation is 1. The predicted octanol–water partition coefficient (Wildman–Crippen LogP) is 5.01. The molecule has 24 heavy (non-hydrogen) atoms. The minimum Gasteiger partial charge on any atom is -0.456 e. The second kappa shape index (κ2) is 7.01.